The summed E-state index contributed by atoms with van der Waals surface area (Å²) in [6.45, 7) is 10.1. The molecule has 6 heteroatoms. The van der Waals surface area contributed by atoms with E-state index in [2.05, 4.69) is 0 Å². The van der Waals surface area contributed by atoms with Gasteiger partial charge in [0.15, 0.2) is 0 Å². The van der Waals surface area contributed by atoms with Gasteiger partial charge in [-0.15, -0.1) is 0 Å². The van der Waals surface area contributed by atoms with Crippen LogP contribution in [0.3, 0.4) is 0 Å². The Morgan fingerprint density at radius 2 is 1.63 bits per heavy atom. The van der Waals surface area contributed by atoms with Crippen LogP contribution in [0.5, 0.6) is 0 Å². The Kier molecular flexibility index (Phi) is 9.24. The minimum absolute atomic E-state index is 0.0781. The van der Waals surface area contributed by atoms with E-state index in [0.717, 1.165) is 40.7 Å². The second-order valence-corrected chi connectivity index (χ2v) is 9.73. The molecule has 0 heterocycles. The van der Waals surface area contributed by atoms with Gasteiger partial charge in [-0.1, -0.05) is 37.6 Å². The molecule has 0 spiro atoms. The maximum Gasteiger partial charge on any atom is 0.333 e. The van der Waals surface area contributed by atoms with Gasteiger partial charge in [0.05, 0.1) is 25.5 Å². The van der Waals surface area contributed by atoms with Crippen LogP contribution in [0.2, 0.25) is 0 Å². The predicted molar refractivity (Wildman–Crippen MR) is 120 cm³/mol. The van der Waals surface area contributed by atoms with Gasteiger partial charge in [-0.05, 0) is 80.0 Å². The summed E-state index contributed by atoms with van der Waals surface area (Å²) in [5.74, 6) is -0.152. The van der Waals surface area contributed by atoms with Gasteiger partial charge >= 0.3 is 7.60 Å². The van der Waals surface area contributed by atoms with E-state index >= 15 is 0 Å². The number of hydrogen-bond donors (Lipinski definition) is 1. The lowest BCUT2D eigenvalue weighted by atomic mass is 9.92. The number of benzene rings is 2. The molecule has 0 amide bonds. The van der Waals surface area contributed by atoms with Crippen molar-refractivity contribution >= 4 is 7.60 Å². The van der Waals surface area contributed by atoms with Crippen LogP contribution in [0.25, 0.3) is 0 Å². The molecule has 0 aliphatic heterocycles. The van der Waals surface area contributed by atoms with E-state index < -0.39 is 13.7 Å². The molecule has 0 aliphatic rings. The smallest absolute Gasteiger partial charge is 0.333 e. The zero-order chi connectivity index (χ0) is 22.3. The summed E-state index contributed by atoms with van der Waals surface area (Å²) in [7, 11) is -3.34. The summed E-state index contributed by atoms with van der Waals surface area (Å²) >= 11 is 0. The second kappa shape index (κ2) is 11.2. The maximum atomic E-state index is 14.0. The van der Waals surface area contributed by atoms with Gasteiger partial charge < -0.3 is 14.2 Å². The Morgan fingerprint density at radius 1 is 1.03 bits per heavy atom. The first kappa shape index (κ1) is 24.7. The van der Waals surface area contributed by atoms with Gasteiger partial charge in [0.1, 0.15) is 5.82 Å². The van der Waals surface area contributed by atoms with Crippen LogP contribution in [-0.4, -0.2) is 24.5 Å². The molecule has 4 nitrogen and oxygen atoms in total. The molecular formula is C24H34FO4P. The molecule has 1 N–H and O–H groups in total. The fourth-order valence-electron chi connectivity index (χ4n) is 3.75. The van der Waals surface area contributed by atoms with Gasteiger partial charge in [-0.25, -0.2) is 4.39 Å². The van der Waals surface area contributed by atoms with E-state index in [4.69, 9.17) is 9.05 Å². The topological polar surface area (TPSA) is 55.8 Å². The highest BCUT2D eigenvalue weighted by atomic mass is 31.2. The Labute approximate surface area is 180 Å². The summed E-state index contributed by atoms with van der Waals surface area (Å²) < 4.78 is 37.3. The number of aryl methyl sites for hydroxylation is 3. The third kappa shape index (κ3) is 6.49. The van der Waals surface area contributed by atoms with Crippen LogP contribution in [-0.2, 0) is 26.5 Å². The van der Waals surface area contributed by atoms with Crippen molar-refractivity contribution in [1.29, 1.82) is 0 Å². The molecule has 0 fully saturated rings. The summed E-state index contributed by atoms with van der Waals surface area (Å²) in [5.41, 5.74) is 5.73. The third-order valence-electron chi connectivity index (χ3n) is 5.16. The number of rotatable bonds is 11. The van der Waals surface area contributed by atoms with Crippen LogP contribution >= 0.6 is 7.60 Å². The first-order valence-electron chi connectivity index (χ1n) is 10.7. The SMILES string of the molecule is CCCc1cc(Cc2c(C)cc(C(O)CP(=O)(OCC)OCC)cc2C)ccc1F. The minimum Gasteiger partial charge on any atom is -0.388 e. The largest absolute Gasteiger partial charge is 0.388 e. The molecule has 2 rings (SSSR count). The highest BCUT2D eigenvalue weighted by molar-refractivity contribution is 7.53. The zero-order valence-corrected chi connectivity index (χ0v) is 19.6. The van der Waals surface area contributed by atoms with Crippen molar-refractivity contribution in [3.63, 3.8) is 0 Å². The summed E-state index contributed by atoms with van der Waals surface area (Å²) in [6, 6.07) is 9.16. The van der Waals surface area contributed by atoms with Crippen LogP contribution in [0.4, 0.5) is 4.39 Å². The zero-order valence-electron chi connectivity index (χ0n) is 18.7. The first-order valence-corrected chi connectivity index (χ1v) is 12.4. The average molecular weight is 437 g/mol. The van der Waals surface area contributed by atoms with Crippen molar-refractivity contribution in [3.8, 4) is 0 Å². The Morgan fingerprint density at radius 3 is 2.17 bits per heavy atom. The molecule has 1 atom stereocenters. The van der Waals surface area contributed by atoms with Crippen LogP contribution in [0, 0.1) is 19.7 Å². The van der Waals surface area contributed by atoms with Gasteiger partial charge in [-0.2, -0.15) is 0 Å². The molecule has 2 aromatic carbocycles. The third-order valence-corrected chi connectivity index (χ3v) is 7.26. The molecule has 2 aromatic rings. The van der Waals surface area contributed by atoms with Crippen molar-refractivity contribution in [1.82, 2.24) is 0 Å². The first-order chi connectivity index (χ1) is 14.2. The lowest BCUT2D eigenvalue weighted by Gasteiger charge is -2.21. The van der Waals surface area contributed by atoms with E-state index in [1.165, 1.54) is 0 Å². The Bertz CT molecular complexity index is 864. The molecule has 0 radical (unpaired) electrons. The molecular weight excluding hydrogens is 402 g/mol. The van der Waals surface area contributed by atoms with Crippen LogP contribution in [0.15, 0.2) is 30.3 Å². The summed E-state index contributed by atoms with van der Waals surface area (Å²) in [5, 5.41) is 10.7. The molecule has 30 heavy (non-hydrogen) atoms. The number of aliphatic hydroxyl groups excluding tert-OH is 1. The van der Waals surface area contributed by atoms with Crippen LogP contribution in [0.1, 0.15) is 66.7 Å². The lowest BCUT2D eigenvalue weighted by molar-refractivity contribution is 0.170. The van der Waals surface area contributed by atoms with E-state index in [9.17, 15) is 14.1 Å². The van der Waals surface area contributed by atoms with Crippen molar-refractivity contribution in [2.45, 2.75) is 60.0 Å². The Balaban J connectivity index is 2.25. The predicted octanol–water partition coefficient (Wildman–Crippen LogP) is 6.29. The molecule has 0 aromatic heterocycles. The molecule has 0 saturated heterocycles. The molecule has 1 unspecified atom stereocenters. The number of hydrogen-bond acceptors (Lipinski definition) is 4. The minimum atomic E-state index is -3.34. The fourth-order valence-corrected chi connectivity index (χ4v) is 5.46. The van der Waals surface area contributed by atoms with E-state index in [0.29, 0.717) is 12.0 Å². The molecule has 0 bridgehead atoms. The molecule has 0 saturated carbocycles. The van der Waals surface area contributed by atoms with Gasteiger partial charge in [-0.3, -0.25) is 4.57 Å². The second-order valence-electron chi connectivity index (χ2n) is 7.63. The lowest BCUT2D eigenvalue weighted by Crippen LogP contribution is -2.10. The molecule has 166 valence electrons. The highest BCUT2D eigenvalue weighted by Gasteiger charge is 2.28. The van der Waals surface area contributed by atoms with E-state index in [1.54, 1.807) is 19.9 Å². The van der Waals surface area contributed by atoms with Gasteiger partial charge in [0, 0.05) is 0 Å². The number of halogens is 1. The van der Waals surface area contributed by atoms with E-state index in [-0.39, 0.29) is 25.2 Å². The van der Waals surface area contributed by atoms with Crippen molar-refractivity contribution in [2.24, 2.45) is 0 Å². The van der Waals surface area contributed by atoms with Crippen molar-refractivity contribution in [2.75, 3.05) is 19.4 Å². The maximum absolute atomic E-state index is 14.0. The standard InChI is InChI=1S/C24H34FO4P/c1-6-9-20-14-19(10-11-23(20)25)15-22-17(4)12-21(13-18(22)5)24(26)16-30(27,28-7-2)29-8-3/h10-14,24,26H,6-9,15-16H2,1-5H3. The monoisotopic (exact) mass is 436 g/mol. The van der Waals surface area contributed by atoms with Gasteiger partial charge in [0.25, 0.3) is 0 Å². The quantitative estimate of drug-likeness (QED) is 0.421. The normalized spacial score (nSPS) is 12.9. The molecule has 0 aliphatic carbocycles. The Hall–Kier alpha value is -1.52. The highest BCUT2D eigenvalue weighted by Crippen LogP contribution is 2.50. The average Bonchev–Trinajstić information content (AvgIpc) is 2.67. The number of aliphatic hydroxyl groups is 1. The fraction of sp³-hybridized carbons (Fsp3) is 0.500. The van der Waals surface area contributed by atoms with E-state index in [1.807, 2.05) is 45.0 Å². The van der Waals surface area contributed by atoms with Gasteiger partial charge in [0.2, 0.25) is 0 Å². The summed E-state index contributed by atoms with van der Waals surface area (Å²) in [4.78, 5) is 0. The van der Waals surface area contributed by atoms with Crippen LogP contribution < -0.4 is 0 Å². The summed E-state index contributed by atoms with van der Waals surface area (Å²) in [6.07, 6.45) is 1.30. The van der Waals surface area contributed by atoms with Crippen molar-refractivity contribution < 1.29 is 23.1 Å². The van der Waals surface area contributed by atoms with Crippen molar-refractivity contribution in [3.05, 3.63) is 69.5 Å².